The molecule has 0 fully saturated rings. The second kappa shape index (κ2) is 8.82. The van der Waals surface area contributed by atoms with E-state index in [1.807, 2.05) is 56.3 Å². The second-order valence-electron chi connectivity index (χ2n) is 5.34. The van der Waals surface area contributed by atoms with Crippen LogP contribution in [0.25, 0.3) is 0 Å². The van der Waals surface area contributed by atoms with Crippen molar-refractivity contribution in [3.8, 4) is 17.2 Å². The van der Waals surface area contributed by atoms with Crippen LogP contribution >= 0.6 is 0 Å². The van der Waals surface area contributed by atoms with Gasteiger partial charge >= 0.3 is 0 Å². The van der Waals surface area contributed by atoms with Crippen LogP contribution in [0.15, 0.2) is 42.5 Å². The standard InChI is InChI=1S/C19H23NO4/c1-14-7-6-10-16(15(14)2)24-13-19(21)20-11-12-23-18-9-5-4-8-17(18)22-3/h4-10H,11-13H2,1-3H3,(H,20,21). The Hall–Kier alpha value is -2.69. The monoisotopic (exact) mass is 329 g/mol. The first-order chi connectivity index (χ1) is 11.6. The number of methoxy groups -OCH3 is 1. The van der Waals surface area contributed by atoms with Gasteiger partial charge in [0.1, 0.15) is 12.4 Å². The molecule has 0 spiro atoms. The molecule has 128 valence electrons. The molecule has 2 aromatic carbocycles. The molecule has 1 amide bonds. The number of ether oxygens (including phenoxy) is 3. The van der Waals surface area contributed by atoms with E-state index in [2.05, 4.69) is 5.32 Å². The van der Waals surface area contributed by atoms with E-state index in [4.69, 9.17) is 14.2 Å². The summed E-state index contributed by atoms with van der Waals surface area (Å²) in [4.78, 5) is 11.8. The largest absolute Gasteiger partial charge is 0.493 e. The topological polar surface area (TPSA) is 56.8 Å². The van der Waals surface area contributed by atoms with Crippen molar-refractivity contribution in [1.82, 2.24) is 5.32 Å². The minimum atomic E-state index is -0.181. The molecule has 0 heterocycles. The third-order valence-corrected chi connectivity index (χ3v) is 3.66. The molecule has 0 saturated carbocycles. The summed E-state index contributed by atoms with van der Waals surface area (Å²) in [5.41, 5.74) is 2.18. The van der Waals surface area contributed by atoms with Crippen molar-refractivity contribution in [2.24, 2.45) is 0 Å². The van der Waals surface area contributed by atoms with Crippen LogP contribution in [0.1, 0.15) is 11.1 Å². The smallest absolute Gasteiger partial charge is 0.258 e. The lowest BCUT2D eigenvalue weighted by Crippen LogP contribution is -2.32. The quantitative estimate of drug-likeness (QED) is 0.757. The molecular weight excluding hydrogens is 306 g/mol. The van der Waals surface area contributed by atoms with Crippen LogP contribution in [-0.2, 0) is 4.79 Å². The number of rotatable bonds is 8. The maximum atomic E-state index is 11.8. The summed E-state index contributed by atoms with van der Waals surface area (Å²) in [6.45, 7) is 4.72. The van der Waals surface area contributed by atoms with Gasteiger partial charge in [0.15, 0.2) is 18.1 Å². The highest BCUT2D eigenvalue weighted by molar-refractivity contribution is 5.77. The van der Waals surface area contributed by atoms with E-state index in [0.29, 0.717) is 24.7 Å². The summed E-state index contributed by atoms with van der Waals surface area (Å²) in [6, 6.07) is 13.2. The third-order valence-electron chi connectivity index (χ3n) is 3.66. The zero-order valence-corrected chi connectivity index (χ0v) is 14.3. The Labute approximate surface area is 142 Å². The van der Waals surface area contributed by atoms with Gasteiger partial charge in [0, 0.05) is 0 Å². The van der Waals surface area contributed by atoms with E-state index < -0.39 is 0 Å². The van der Waals surface area contributed by atoms with Crippen LogP contribution in [0, 0.1) is 13.8 Å². The Morgan fingerprint density at radius 1 is 0.958 bits per heavy atom. The number of hydrogen-bond donors (Lipinski definition) is 1. The van der Waals surface area contributed by atoms with Gasteiger partial charge in [-0.1, -0.05) is 24.3 Å². The van der Waals surface area contributed by atoms with E-state index in [1.165, 1.54) is 0 Å². The molecule has 0 aliphatic carbocycles. The highest BCUT2D eigenvalue weighted by atomic mass is 16.5. The van der Waals surface area contributed by atoms with Crippen LogP contribution in [0.2, 0.25) is 0 Å². The van der Waals surface area contributed by atoms with Gasteiger partial charge in [-0.2, -0.15) is 0 Å². The Morgan fingerprint density at radius 3 is 2.42 bits per heavy atom. The molecule has 5 heteroatoms. The number of para-hydroxylation sites is 2. The summed E-state index contributed by atoms with van der Waals surface area (Å²) < 4.78 is 16.4. The molecule has 0 aliphatic rings. The van der Waals surface area contributed by atoms with Crippen molar-refractivity contribution < 1.29 is 19.0 Å². The van der Waals surface area contributed by atoms with Gasteiger partial charge in [-0.3, -0.25) is 4.79 Å². The SMILES string of the molecule is COc1ccccc1OCCNC(=O)COc1cccc(C)c1C. The van der Waals surface area contributed by atoms with Crippen LogP contribution in [0.3, 0.4) is 0 Å². The Balaban J connectivity index is 1.71. The number of nitrogens with one attached hydrogen (secondary N) is 1. The number of carbonyl (C=O) groups is 1. The van der Waals surface area contributed by atoms with Gasteiger partial charge in [0.2, 0.25) is 0 Å². The maximum absolute atomic E-state index is 11.8. The molecule has 0 unspecified atom stereocenters. The fourth-order valence-electron chi connectivity index (χ4n) is 2.16. The summed E-state index contributed by atoms with van der Waals surface area (Å²) in [5, 5.41) is 2.76. The molecule has 0 atom stereocenters. The predicted octanol–water partition coefficient (Wildman–Crippen LogP) is 2.89. The van der Waals surface area contributed by atoms with Gasteiger partial charge < -0.3 is 19.5 Å². The minimum absolute atomic E-state index is 0.0149. The lowest BCUT2D eigenvalue weighted by Gasteiger charge is -2.12. The fourth-order valence-corrected chi connectivity index (χ4v) is 2.16. The van der Waals surface area contributed by atoms with Crippen LogP contribution < -0.4 is 19.5 Å². The summed E-state index contributed by atoms with van der Waals surface area (Å²) >= 11 is 0. The van der Waals surface area contributed by atoms with E-state index in [9.17, 15) is 4.79 Å². The first-order valence-electron chi connectivity index (χ1n) is 7.83. The summed E-state index contributed by atoms with van der Waals surface area (Å²) in [5.74, 6) is 1.87. The van der Waals surface area contributed by atoms with Crippen LogP contribution in [0.4, 0.5) is 0 Å². The summed E-state index contributed by atoms with van der Waals surface area (Å²) in [7, 11) is 1.59. The van der Waals surface area contributed by atoms with Crippen molar-refractivity contribution in [2.45, 2.75) is 13.8 Å². The van der Waals surface area contributed by atoms with Gasteiger partial charge in [0.25, 0.3) is 5.91 Å². The number of hydrogen-bond acceptors (Lipinski definition) is 4. The second-order valence-corrected chi connectivity index (χ2v) is 5.34. The highest BCUT2D eigenvalue weighted by Gasteiger charge is 2.06. The first kappa shape index (κ1) is 17.7. The first-order valence-corrected chi connectivity index (χ1v) is 7.83. The van der Waals surface area contributed by atoms with Gasteiger partial charge in [-0.25, -0.2) is 0 Å². The molecule has 0 radical (unpaired) electrons. The Kier molecular flexibility index (Phi) is 6.49. The van der Waals surface area contributed by atoms with Gasteiger partial charge in [-0.05, 0) is 43.2 Å². The lowest BCUT2D eigenvalue weighted by atomic mass is 10.1. The minimum Gasteiger partial charge on any atom is -0.493 e. The van der Waals surface area contributed by atoms with E-state index in [-0.39, 0.29) is 12.5 Å². The van der Waals surface area contributed by atoms with Crippen LogP contribution in [0.5, 0.6) is 17.2 Å². The third kappa shape index (κ3) is 4.91. The molecule has 0 bridgehead atoms. The van der Waals surface area contributed by atoms with Crippen molar-refractivity contribution in [3.05, 3.63) is 53.6 Å². The Bertz CT molecular complexity index is 685. The summed E-state index contributed by atoms with van der Waals surface area (Å²) in [6.07, 6.45) is 0. The zero-order valence-electron chi connectivity index (χ0n) is 14.3. The fraction of sp³-hybridized carbons (Fsp3) is 0.316. The van der Waals surface area contributed by atoms with Gasteiger partial charge in [-0.15, -0.1) is 0 Å². The predicted molar refractivity (Wildman–Crippen MR) is 92.9 cm³/mol. The molecule has 0 saturated heterocycles. The van der Waals surface area contributed by atoms with E-state index >= 15 is 0 Å². The molecule has 5 nitrogen and oxygen atoms in total. The number of carbonyl (C=O) groups excluding carboxylic acids is 1. The molecule has 1 N–H and O–H groups in total. The van der Waals surface area contributed by atoms with Crippen molar-refractivity contribution >= 4 is 5.91 Å². The van der Waals surface area contributed by atoms with Crippen LogP contribution in [-0.4, -0.2) is 32.8 Å². The zero-order chi connectivity index (χ0) is 17.4. The average Bonchev–Trinajstić information content (AvgIpc) is 2.60. The van der Waals surface area contributed by atoms with E-state index in [0.717, 1.165) is 16.9 Å². The molecular formula is C19H23NO4. The average molecular weight is 329 g/mol. The Morgan fingerprint density at radius 2 is 1.67 bits per heavy atom. The normalized spacial score (nSPS) is 10.1. The van der Waals surface area contributed by atoms with Crippen molar-refractivity contribution in [3.63, 3.8) is 0 Å². The number of benzene rings is 2. The van der Waals surface area contributed by atoms with Crippen molar-refractivity contribution in [1.29, 1.82) is 0 Å². The van der Waals surface area contributed by atoms with E-state index in [1.54, 1.807) is 7.11 Å². The molecule has 2 aromatic rings. The molecule has 0 aromatic heterocycles. The molecule has 0 aliphatic heterocycles. The maximum Gasteiger partial charge on any atom is 0.258 e. The molecule has 24 heavy (non-hydrogen) atoms. The number of amides is 1. The lowest BCUT2D eigenvalue weighted by molar-refractivity contribution is -0.123. The van der Waals surface area contributed by atoms with Gasteiger partial charge in [0.05, 0.1) is 13.7 Å². The number of aryl methyl sites for hydroxylation is 1. The van der Waals surface area contributed by atoms with Crippen molar-refractivity contribution in [2.75, 3.05) is 26.9 Å². The highest BCUT2D eigenvalue weighted by Crippen LogP contribution is 2.25. The molecule has 2 rings (SSSR count).